The van der Waals surface area contributed by atoms with Gasteiger partial charge in [0.05, 0.1) is 0 Å². The molecule has 5 nitrogen and oxygen atoms in total. The molecule has 0 amide bonds. The maximum atomic E-state index is 11.8. The number of aryl methyl sites for hydroxylation is 1. The molecule has 5 heteroatoms. The fourth-order valence-electron chi connectivity index (χ4n) is 1.26. The molecular formula is C10H9N3O2. The Morgan fingerprint density at radius 3 is 2.87 bits per heavy atom. The number of nitrogens with zero attached hydrogens (tertiary/aromatic N) is 2. The summed E-state index contributed by atoms with van der Waals surface area (Å²) in [6.07, 6.45) is 3.05. The molecule has 0 fully saturated rings. The SMILES string of the molecule is Cn1[nH]c(C(=O)c2cccnc2)cc1=O. The van der Waals surface area contributed by atoms with Crippen LogP contribution in [0.5, 0.6) is 0 Å². The summed E-state index contributed by atoms with van der Waals surface area (Å²) in [6, 6.07) is 4.60. The van der Waals surface area contributed by atoms with Crippen molar-refractivity contribution in [1.82, 2.24) is 14.8 Å². The van der Waals surface area contributed by atoms with E-state index in [0.29, 0.717) is 5.56 Å². The lowest BCUT2D eigenvalue weighted by molar-refractivity contribution is 0.103. The van der Waals surface area contributed by atoms with Crippen molar-refractivity contribution in [2.75, 3.05) is 0 Å². The third-order valence-electron chi connectivity index (χ3n) is 2.05. The maximum Gasteiger partial charge on any atom is 0.266 e. The first-order chi connectivity index (χ1) is 7.18. The largest absolute Gasteiger partial charge is 0.292 e. The van der Waals surface area contributed by atoms with E-state index < -0.39 is 0 Å². The zero-order valence-corrected chi connectivity index (χ0v) is 8.10. The molecule has 15 heavy (non-hydrogen) atoms. The van der Waals surface area contributed by atoms with Gasteiger partial charge in [0.2, 0.25) is 5.78 Å². The lowest BCUT2D eigenvalue weighted by Gasteiger charge is -1.96. The van der Waals surface area contributed by atoms with Gasteiger partial charge in [-0.1, -0.05) is 0 Å². The number of ketones is 1. The van der Waals surface area contributed by atoms with Gasteiger partial charge in [-0.25, -0.2) is 0 Å². The fourth-order valence-corrected chi connectivity index (χ4v) is 1.26. The number of rotatable bonds is 2. The van der Waals surface area contributed by atoms with Gasteiger partial charge in [-0.2, -0.15) is 0 Å². The first-order valence-corrected chi connectivity index (χ1v) is 4.39. The highest BCUT2D eigenvalue weighted by molar-refractivity contribution is 6.07. The third-order valence-corrected chi connectivity index (χ3v) is 2.05. The predicted molar refractivity (Wildman–Crippen MR) is 53.7 cm³/mol. The first kappa shape index (κ1) is 9.39. The minimum atomic E-state index is -0.235. The van der Waals surface area contributed by atoms with Crippen LogP contribution in [-0.2, 0) is 7.05 Å². The Kier molecular flexibility index (Phi) is 2.21. The lowest BCUT2D eigenvalue weighted by atomic mass is 10.1. The van der Waals surface area contributed by atoms with E-state index in [2.05, 4.69) is 10.1 Å². The van der Waals surface area contributed by atoms with Crippen LogP contribution >= 0.6 is 0 Å². The highest BCUT2D eigenvalue weighted by Gasteiger charge is 2.11. The normalized spacial score (nSPS) is 10.2. The van der Waals surface area contributed by atoms with Gasteiger partial charge in [0.1, 0.15) is 5.69 Å². The summed E-state index contributed by atoms with van der Waals surface area (Å²) in [5.74, 6) is -0.235. The number of nitrogens with one attached hydrogen (secondary N) is 1. The second-order valence-corrected chi connectivity index (χ2v) is 3.14. The Hall–Kier alpha value is -2.17. The molecule has 0 spiro atoms. The van der Waals surface area contributed by atoms with Crippen LogP contribution in [-0.4, -0.2) is 20.5 Å². The van der Waals surface area contributed by atoms with E-state index in [1.54, 1.807) is 25.4 Å². The molecular weight excluding hydrogens is 194 g/mol. The van der Waals surface area contributed by atoms with Crippen molar-refractivity contribution >= 4 is 5.78 Å². The number of hydrogen-bond acceptors (Lipinski definition) is 3. The van der Waals surface area contributed by atoms with Gasteiger partial charge >= 0.3 is 0 Å². The van der Waals surface area contributed by atoms with Gasteiger partial charge < -0.3 is 0 Å². The van der Waals surface area contributed by atoms with Crippen LogP contribution in [0.4, 0.5) is 0 Å². The van der Waals surface area contributed by atoms with E-state index in [0.717, 1.165) is 0 Å². The molecule has 0 aliphatic carbocycles. The number of pyridine rings is 1. The molecule has 0 saturated carbocycles. The molecule has 2 heterocycles. The summed E-state index contributed by atoms with van der Waals surface area (Å²) in [5, 5.41) is 2.67. The van der Waals surface area contributed by atoms with Crippen LogP contribution in [0.1, 0.15) is 16.1 Å². The van der Waals surface area contributed by atoms with Gasteiger partial charge in [-0.15, -0.1) is 0 Å². The van der Waals surface area contributed by atoms with Crippen molar-refractivity contribution < 1.29 is 4.79 Å². The lowest BCUT2D eigenvalue weighted by Crippen LogP contribution is -2.10. The van der Waals surface area contributed by atoms with Crippen molar-refractivity contribution in [3.05, 3.63) is 52.2 Å². The molecule has 76 valence electrons. The van der Waals surface area contributed by atoms with E-state index >= 15 is 0 Å². The number of aromatic amines is 1. The molecule has 2 aromatic heterocycles. The van der Waals surface area contributed by atoms with E-state index in [9.17, 15) is 9.59 Å². The Bertz CT molecular complexity index is 539. The van der Waals surface area contributed by atoms with Gasteiger partial charge in [-0.3, -0.25) is 24.4 Å². The zero-order valence-electron chi connectivity index (χ0n) is 8.10. The Balaban J connectivity index is 2.41. The Labute approximate surface area is 85.4 Å². The number of aromatic nitrogens is 3. The van der Waals surface area contributed by atoms with E-state index in [4.69, 9.17) is 0 Å². The summed E-state index contributed by atoms with van der Waals surface area (Å²) < 4.78 is 1.25. The molecule has 2 rings (SSSR count). The second kappa shape index (κ2) is 3.53. The van der Waals surface area contributed by atoms with Crippen molar-refractivity contribution in [3.8, 4) is 0 Å². The smallest absolute Gasteiger partial charge is 0.266 e. The van der Waals surface area contributed by atoms with Crippen LogP contribution in [0.25, 0.3) is 0 Å². The third kappa shape index (κ3) is 1.71. The fraction of sp³-hybridized carbons (Fsp3) is 0.100. The summed E-state index contributed by atoms with van der Waals surface area (Å²) >= 11 is 0. The average Bonchev–Trinajstić information content (AvgIpc) is 2.59. The summed E-state index contributed by atoms with van der Waals surface area (Å²) in [4.78, 5) is 26.8. The number of H-pyrrole nitrogens is 1. The number of carbonyl (C=O) groups excluding carboxylic acids is 1. The highest BCUT2D eigenvalue weighted by atomic mass is 16.1. The van der Waals surface area contributed by atoms with Crippen molar-refractivity contribution in [1.29, 1.82) is 0 Å². The average molecular weight is 203 g/mol. The molecule has 0 aliphatic rings. The van der Waals surface area contributed by atoms with Crippen LogP contribution < -0.4 is 5.56 Å². The molecule has 0 aromatic carbocycles. The zero-order chi connectivity index (χ0) is 10.8. The van der Waals surface area contributed by atoms with Gasteiger partial charge in [0.15, 0.2) is 0 Å². The van der Waals surface area contributed by atoms with Crippen LogP contribution in [0.2, 0.25) is 0 Å². The van der Waals surface area contributed by atoms with E-state index in [1.165, 1.54) is 16.9 Å². The minimum Gasteiger partial charge on any atom is -0.292 e. The van der Waals surface area contributed by atoms with Crippen molar-refractivity contribution in [3.63, 3.8) is 0 Å². The quantitative estimate of drug-likeness (QED) is 0.715. The van der Waals surface area contributed by atoms with E-state index in [-0.39, 0.29) is 17.0 Å². The molecule has 0 aliphatic heterocycles. The second-order valence-electron chi connectivity index (χ2n) is 3.14. The van der Waals surface area contributed by atoms with Gasteiger partial charge in [-0.05, 0) is 12.1 Å². The predicted octanol–water partition coefficient (Wildman–Crippen LogP) is 0.339. The van der Waals surface area contributed by atoms with Gasteiger partial charge in [0.25, 0.3) is 5.56 Å². The Morgan fingerprint density at radius 2 is 2.33 bits per heavy atom. The van der Waals surface area contributed by atoms with Gasteiger partial charge in [0, 0.05) is 31.1 Å². The minimum absolute atomic E-state index is 0.234. The molecule has 2 aromatic rings. The highest BCUT2D eigenvalue weighted by Crippen LogP contribution is 2.03. The van der Waals surface area contributed by atoms with Crippen molar-refractivity contribution in [2.45, 2.75) is 0 Å². The topological polar surface area (TPSA) is 67.8 Å². The number of hydrogen-bond donors (Lipinski definition) is 1. The van der Waals surface area contributed by atoms with Crippen LogP contribution in [0, 0.1) is 0 Å². The van der Waals surface area contributed by atoms with Crippen molar-refractivity contribution in [2.24, 2.45) is 7.05 Å². The molecule has 0 unspecified atom stereocenters. The monoisotopic (exact) mass is 203 g/mol. The van der Waals surface area contributed by atoms with Crippen LogP contribution in [0.3, 0.4) is 0 Å². The first-order valence-electron chi connectivity index (χ1n) is 4.39. The Morgan fingerprint density at radius 1 is 1.53 bits per heavy atom. The number of carbonyl (C=O) groups is 1. The molecule has 0 radical (unpaired) electrons. The standard InChI is InChI=1S/C10H9N3O2/c1-13-9(14)5-8(12-13)10(15)7-3-2-4-11-6-7/h2-6,12H,1H3. The molecule has 0 bridgehead atoms. The molecule has 0 atom stereocenters. The summed E-state index contributed by atoms with van der Waals surface area (Å²) in [6.45, 7) is 0. The molecule has 1 N–H and O–H groups in total. The van der Waals surface area contributed by atoms with Crippen LogP contribution in [0.15, 0.2) is 35.4 Å². The summed E-state index contributed by atoms with van der Waals surface area (Å²) in [7, 11) is 1.56. The maximum absolute atomic E-state index is 11.8. The summed E-state index contributed by atoms with van der Waals surface area (Å²) in [5.41, 5.74) is 0.497. The molecule has 0 saturated heterocycles. The van der Waals surface area contributed by atoms with E-state index in [1.807, 2.05) is 0 Å².